The average Bonchev–Trinajstić information content (AvgIpc) is 3.94. The van der Waals surface area contributed by atoms with E-state index in [9.17, 15) is 10.1 Å². The second-order valence-electron chi connectivity index (χ2n) is 17.2. The Balaban J connectivity index is 0.779. The number of hydrogen-bond donors (Lipinski definition) is 1. The van der Waals surface area contributed by atoms with Gasteiger partial charge in [0.1, 0.15) is 34.4 Å². The molecule has 2 aliphatic heterocycles. The highest BCUT2D eigenvalue weighted by molar-refractivity contribution is 7.15. The van der Waals surface area contributed by atoms with Crippen molar-refractivity contribution >= 4 is 28.8 Å². The summed E-state index contributed by atoms with van der Waals surface area (Å²) in [5.41, 5.74) is 7.01. The summed E-state index contributed by atoms with van der Waals surface area (Å²) in [6.07, 6.45) is 9.12. The highest BCUT2D eigenvalue weighted by Crippen LogP contribution is 2.49. The van der Waals surface area contributed by atoms with Crippen molar-refractivity contribution in [3.05, 3.63) is 105 Å². The lowest BCUT2D eigenvalue weighted by molar-refractivity contribution is 0.0888. The average molecular weight is 840 g/mol. The van der Waals surface area contributed by atoms with Gasteiger partial charge in [-0.15, -0.1) is 31.7 Å². The van der Waals surface area contributed by atoms with Gasteiger partial charge in [-0.1, -0.05) is 24.3 Å². The molecule has 5 aromatic rings. The molecule has 2 aliphatic carbocycles. The third-order valence-corrected chi connectivity index (χ3v) is 14.7. The first-order chi connectivity index (χ1) is 29.7. The number of amides is 1. The van der Waals surface area contributed by atoms with Crippen molar-refractivity contribution < 1.29 is 19.0 Å². The minimum atomic E-state index is -0.249. The number of benzene rings is 2. The number of carbonyl (C=O) groups excluding carboxylic acids is 1. The number of nitrogens with one attached hydrogen (secondary N) is 1. The van der Waals surface area contributed by atoms with Gasteiger partial charge in [-0.05, 0) is 125 Å². The Kier molecular flexibility index (Phi) is 11.4. The van der Waals surface area contributed by atoms with E-state index in [-0.39, 0.29) is 29.5 Å². The molecule has 1 atom stereocenters. The van der Waals surface area contributed by atoms with Gasteiger partial charge >= 0.3 is 0 Å². The zero-order valence-corrected chi connectivity index (χ0v) is 36.4. The van der Waals surface area contributed by atoms with Gasteiger partial charge in [0.2, 0.25) is 0 Å². The number of fused-ring (bicyclic) bond motifs is 3. The van der Waals surface area contributed by atoms with Gasteiger partial charge in [0, 0.05) is 48.3 Å². The highest BCUT2D eigenvalue weighted by atomic mass is 32.1. The minimum Gasteiger partial charge on any atom is -0.495 e. The standard InChI is InChI=1S/C47H53N9O4S/c1-28-29(2)61-46-42(28)43(50-39(26-58-4)44-54-51-30(3)56(44)46)33-8-6-31(7-9-33)32-18-20-47(21-19-32)22-23-55(27-47)41-17-16-38(52-53-41)45(57)49-35-11-14-36(15-12-35)60-37-13-10-34(25-48)40(24-37)59-5/h6-10,13,16-17,24,32,35-36,39H,11-12,14-15,18-23,26-27H2,1-5H3,(H,49,57)/t32?,35?,36?,39-,47?/m0/s1. The van der Waals surface area contributed by atoms with E-state index in [2.05, 4.69) is 79.4 Å². The van der Waals surface area contributed by atoms with E-state index in [1.807, 2.05) is 19.1 Å². The van der Waals surface area contributed by atoms with Crippen LogP contribution in [0, 0.1) is 37.5 Å². The lowest BCUT2D eigenvalue weighted by Gasteiger charge is -2.37. The Morgan fingerprint density at radius 3 is 2.43 bits per heavy atom. The third-order valence-electron chi connectivity index (χ3n) is 13.5. The van der Waals surface area contributed by atoms with Crippen molar-refractivity contribution in [2.24, 2.45) is 10.4 Å². The second-order valence-corrected chi connectivity index (χ2v) is 18.4. The number of thiophene rings is 1. The molecule has 0 radical (unpaired) electrons. The molecule has 13 nitrogen and oxygen atoms in total. The van der Waals surface area contributed by atoms with Gasteiger partial charge in [-0.3, -0.25) is 14.4 Å². The molecule has 0 unspecified atom stereocenters. The summed E-state index contributed by atoms with van der Waals surface area (Å²) in [6.45, 7) is 8.73. The molecule has 9 rings (SSSR count). The van der Waals surface area contributed by atoms with E-state index in [1.165, 1.54) is 28.8 Å². The lowest BCUT2D eigenvalue weighted by atomic mass is 9.68. The highest BCUT2D eigenvalue weighted by Gasteiger charge is 2.42. The molecule has 3 aromatic heterocycles. The van der Waals surface area contributed by atoms with Crippen LogP contribution in [0.25, 0.3) is 5.00 Å². The number of nitriles is 1. The molecule has 1 N–H and O–H groups in total. The van der Waals surface area contributed by atoms with Gasteiger partial charge in [-0.2, -0.15) is 5.26 Å². The molecule has 2 aromatic carbocycles. The molecule has 1 spiro atoms. The van der Waals surface area contributed by atoms with E-state index >= 15 is 0 Å². The number of aromatic nitrogens is 5. The number of carbonyl (C=O) groups is 1. The molecule has 3 fully saturated rings. The van der Waals surface area contributed by atoms with Crippen LogP contribution < -0.4 is 19.7 Å². The SMILES string of the molecule is COC[C@@H]1N=C(c2ccc(C3CCC4(CC3)CCN(c3ccc(C(=O)NC5CCC(Oc6ccc(C#N)c(OC)c6)CC5)nn3)C4)cc2)c2c(sc(C)c2C)-n2c(C)nnc21. The number of aliphatic imine (C=N–C) groups is 1. The van der Waals surface area contributed by atoms with Crippen LogP contribution in [0.4, 0.5) is 5.82 Å². The number of anilines is 1. The summed E-state index contributed by atoms with van der Waals surface area (Å²) >= 11 is 1.78. The van der Waals surface area contributed by atoms with Crippen LogP contribution in [0.1, 0.15) is 125 Å². The zero-order chi connectivity index (χ0) is 42.3. The quantitative estimate of drug-likeness (QED) is 0.146. The van der Waals surface area contributed by atoms with Crippen LogP contribution in [0.3, 0.4) is 0 Å². The molecule has 0 bridgehead atoms. The van der Waals surface area contributed by atoms with E-state index in [4.69, 9.17) is 19.2 Å². The molecule has 61 heavy (non-hydrogen) atoms. The van der Waals surface area contributed by atoms with Gasteiger partial charge in [0.05, 0.1) is 31.1 Å². The Morgan fingerprint density at radius 2 is 1.72 bits per heavy atom. The fourth-order valence-corrected chi connectivity index (χ4v) is 11.1. The molecule has 4 aliphatic rings. The van der Waals surface area contributed by atoms with Crippen LogP contribution >= 0.6 is 11.3 Å². The Hall–Kier alpha value is -5.65. The number of ether oxygens (including phenoxy) is 3. The molecule has 1 saturated heterocycles. The molecule has 1 amide bonds. The van der Waals surface area contributed by atoms with Crippen molar-refractivity contribution in [1.82, 2.24) is 30.3 Å². The van der Waals surface area contributed by atoms with E-state index in [0.29, 0.717) is 35.3 Å². The van der Waals surface area contributed by atoms with E-state index < -0.39 is 0 Å². The minimum absolute atomic E-state index is 0.0399. The normalized spacial score (nSPS) is 23.4. The summed E-state index contributed by atoms with van der Waals surface area (Å²) in [4.78, 5) is 22.1. The van der Waals surface area contributed by atoms with Crippen LogP contribution in [0.15, 0.2) is 59.6 Å². The Labute approximate surface area is 361 Å². The topological polar surface area (TPSA) is 153 Å². The van der Waals surface area contributed by atoms with Gasteiger partial charge < -0.3 is 24.4 Å². The number of aryl methyl sites for hydroxylation is 2. The molecular weight excluding hydrogens is 787 g/mol. The smallest absolute Gasteiger partial charge is 0.272 e. The second kappa shape index (κ2) is 17.0. The zero-order valence-electron chi connectivity index (χ0n) is 35.6. The van der Waals surface area contributed by atoms with Crippen LogP contribution in [0.5, 0.6) is 11.5 Å². The largest absolute Gasteiger partial charge is 0.495 e. The maximum Gasteiger partial charge on any atom is 0.272 e. The van der Waals surface area contributed by atoms with E-state index in [0.717, 1.165) is 97.3 Å². The molecule has 2 saturated carbocycles. The van der Waals surface area contributed by atoms with Crippen molar-refractivity contribution in [2.75, 3.05) is 38.8 Å². The van der Waals surface area contributed by atoms with Crippen molar-refractivity contribution in [3.63, 3.8) is 0 Å². The van der Waals surface area contributed by atoms with E-state index in [1.54, 1.807) is 43.8 Å². The maximum absolute atomic E-state index is 13.2. The first-order valence-electron chi connectivity index (χ1n) is 21.5. The van der Waals surface area contributed by atoms with Crippen LogP contribution in [0.2, 0.25) is 0 Å². The van der Waals surface area contributed by atoms with Crippen LogP contribution in [-0.4, -0.2) is 82.6 Å². The number of nitrogens with zero attached hydrogens (tertiary/aromatic N) is 8. The fraction of sp³-hybridized carbons (Fsp3) is 0.468. The van der Waals surface area contributed by atoms with Crippen molar-refractivity contribution in [3.8, 4) is 22.6 Å². The number of rotatable bonds is 10. The number of hydrogen-bond acceptors (Lipinski definition) is 12. The van der Waals surface area contributed by atoms with Crippen LogP contribution in [-0.2, 0) is 4.74 Å². The van der Waals surface area contributed by atoms with Gasteiger partial charge in [-0.25, -0.2) is 0 Å². The van der Waals surface area contributed by atoms with Crippen molar-refractivity contribution in [2.45, 2.75) is 103 Å². The first kappa shape index (κ1) is 40.7. The fourth-order valence-electron chi connectivity index (χ4n) is 9.90. The molecular formula is C47H53N9O4S. The maximum atomic E-state index is 13.2. The van der Waals surface area contributed by atoms with Gasteiger partial charge in [0.25, 0.3) is 5.91 Å². The lowest BCUT2D eigenvalue weighted by Crippen LogP contribution is -2.40. The molecule has 5 heterocycles. The summed E-state index contributed by atoms with van der Waals surface area (Å²) < 4.78 is 19.3. The monoisotopic (exact) mass is 839 g/mol. The summed E-state index contributed by atoms with van der Waals surface area (Å²) in [5.74, 6) is 4.04. The molecule has 14 heteroatoms. The molecule has 316 valence electrons. The Bertz CT molecular complexity index is 2470. The predicted octanol–water partition coefficient (Wildman–Crippen LogP) is 8.14. The van der Waals surface area contributed by atoms with Crippen molar-refractivity contribution in [1.29, 1.82) is 5.26 Å². The summed E-state index contributed by atoms with van der Waals surface area (Å²) in [6, 6.07) is 20.1. The van der Waals surface area contributed by atoms with Gasteiger partial charge in [0.15, 0.2) is 17.3 Å². The summed E-state index contributed by atoms with van der Waals surface area (Å²) in [7, 11) is 3.26. The summed E-state index contributed by atoms with van der Waals surface area (Å²) in [5, 5.41) is 31.4. The third kappa shape index (κ3) is 8.01. The number of methoxy groups -OCH3 is 2. The Morgan fingerprint density at radius 1 is 0.934 bits per heavy atom. The first-order valence-corrected chi connectivity index (χ1v) is 22.3. The predicted molar refractivity (Wildman–Crippen MR) is 234 cm³/mol.